The molecule has 111 heavy (non-hydrogen) atoms. The lowest BCUT2D eigenvalue weighted by atomic mass is 10.2. The number of aromatic nitrogens is 16. The summed E-state index contributed by atoms with van der Waals surface area (Å²) in [5, 5.41) is 57.4. The number of rotatable bonds is 27. The highest BCUT2D eigenvalue weighted by Gasteiger charge is 2.31. The number of benzene rings is 4. The molecule has 592 valence electrons. The van der Waals surface area contributed by atoms with Gasteiger partial charge in [0.25, 0.3) is 35.8 Å². The van der Waals surface area contributed by atoms with Crippen LogP contribution < -0.4 is 28.8 Å². The molecule has 0 saturated carbocycles. The Kier molecular flexibility index (Phi) is 29.9. The monoisotopic (exact) mass is 1780 g/mol. The lowest BCUT2D eigenvalue weighted by molar-refractivity contribution is 0.145. The van der Waals surface area contributed by atoms with E-state index in [0.29, 0.717) is 16.5 Å². The normalized spacial score (nSPS) is 12.6. The van der Waals surface area contributed by atoms with Crippen LogP contribution in [-0.4, -0.2) is 147 Å². The van der Waals surface area contributed by atoms with E-state index in [1.807, 2.05) is 0 Å². The molecule has 0 aliphatic carbocycles. The van der Waals surface area contributed by atoms with Gasteiger partial charge in [-0.1, -0.05) is 68.0 Å². The number of azide groups is 1. The molecule has 8 heterocycles. The summed E-state index contributed by atoms with van der Waals surface area (Å²) in [4.78, 5) is 50.9. The number of aliphatic hydroxyl groups is 1. The first-order valence-corrected chi connectivity index (χ1v) is 35.9. The predicted molar refractivity (Wildman–Crippen MR) is 369 cm³/mol. The van der Waals surface area contributed by atoms with E-state index in [4.69, 9.17) is 15.4 Å². The molecular weight excluding hydrogens is 1740 g/mol. The molecule has 54 heteroatoms. The molecule has 12 aromatic rings. The van der Waals surface area contributed by atoms with Crippen molar-refractivity contribution in [2.24, 2.45) is 10.8 Å². The minimum Gasteiger partial charge on any atom is -0.393 e. The lowest BCUT2D eigenvalue weighted by Gasteiger charge is -2.09. The van der Waals surface area contributed by atoms with Crippen LogP contribution in [-0.2, 0) is 14.3 Å². The van der Waals surface area contributed by atoms with Crippen molar-refractivity contribution in [2.45, 2.75) is 97.8 Å². The zero-order chi connectivity index (χ0) is 80.0. The first-order chi connectivity index (χ1) is 52.2. The van der Waals surface area contributed by atoms with Gasteiger partial charge in [-0.25, -0.2) is 109 Å². The fourth-order valence-electron chi connectivity index (χ4n) is 8.76. The molecule has 0 aliphatic rings. The van der Waals surface area contributed by atoms with Crippen molar-refractivity contribution in [1.82, 2.24) is 80.1 Å². The zero-order valence-corrected chi connectivity index (χ0v) is 62.4. The molecule has 0 fully saturated rings. The van der Waals surface area contributed by atoms with Crippen molar-refractivity contribution in [2.75, 3.05) is 29.3 Å². The summed E-state index contributed by atoms with van der Waals surface area (Å²) in [5.74, 6) is -7.93. The van der Waals surface area contributed by atoms with Crippen molar-refractivity contribution < 1.29 is 107 Å². The van der Waals surface area contributed by atoms with E-state index in [0.717, 1.165) is 133 Å². The van der Waals surface area contributed by atoms with Gasteiger partial charge in [-0.3, -0.25) is 22.3 Å². The topological polar surface area (TPSA) is 486 Å². The fraction of sp³-hybridized carbons (Fsp3) is 0.298. The fourth-order valence-corrected chi connectivity index (χ4v) is 12.7. The van der Waals surface area contributed by atoms with Gasteiger partial charge in [-0.2, -0.15) is 8.42 Å². The van der Waals surface area contributed by atoms with E-state index in [-0.39, 0.29) is 131 Å². The van der Waals surface area contributed by atoms with Crippen LogP contribution in [0.5, 0.6) is 0 Å². The molecule has 12 rings (SSSR count). The van der Waals surface area contributed by atoms with E-state index >= 15 is 0 Å². The lowest BCUT2D eigenvalue weighted by Crippen LogP contribution is -2.17. The Labute approximate surface area is 642 Å². The second kappa shape index (κ2) is 38.5. The first kappa shape index (κ1) is 86.2. The Bertz CT molecular complexity index is 5430. The Hall–Kier alpha value is -10.4. The van der Waals surface area contributed by atoms with Crippen molar-refractivity contribution >= 4 is 81.1 Å². The Balaban J connectivity index is 0.000000186. The summed E-state index contributed by atoms with van der Waals surface area (Å²) < 4.78 is 226. The molecule has 4 unspecified atom stereocenters. The molecule has 3 N–H and O–H groups in total. The average molecular weight is 1780 g/mol. The highest BCUT2D eigenvalue weighted by Crippen LogP contribution is 2.36. The van der Waals surface area contributed by atoms with Crippen LogP contribution >= 0.6 is 71.0 Å². The van der Waals surface area contributed by atoms with Crippen LogP contribution in [0.4, 0.5) is 52.7 Å². The molecule has 0 spiro atoms. The van der Waals surface area contributed by atoms with Crippen LogP contribution in [0.2, 0.25) is 0 Å². The molecular formula is C57H47F12IN20O16S5. The van der Waals surface area contributed by atoms with Gasteiger partial charge in [0.05, 0.1) is 63.5 Å². The Morgan fingerprint density at radius 3 is 0.991 bits per heavy atom. The molecule has 0 amide bonds. The quantitative estimate of drug-likeness (QED) is 0.00918. The number of nitrogens with two attached hydrogens (primary N) is 1. The van der Waals surface area contributed by atoms with Gasteiger partial charge < -0.3 is 10.8 Å². The van der Waals surface area contributed by atoms with E-state index < -0.39 is 117 Å². The second-order valence-electron chi connectivity index (χ2n) is 21.9. The van der Waals surface area contributed by atoms with Crippen molar-refractivity contribution in [3.63, 3.8) is 0 Å². The molecule has 4 atom stereocenters. The molecule has 4 aromatic carbocycles. The number of halogens is 13. The first-order valence-electron chi connectivity index (χ1n) is 30.1. The third-order valence-electron chi connectivity index (χ3n) is 13.4. The second-order valence-corrected chi connectivity index (χ2v) is 27.5. The number of thioether (sulfide) groups is 4. The van der Waals surface area contributed by atoms with Gasteiger partial charge in [0.15, 0.2) is 42.9 Å². The van der Waals surface area contributed by atoms with Crippen LogP contribution in [0, 0.1) is 23.3 Å². The van der Waals surface area contributed by atoms with E-state index in [1.54, 1.807) is 20.8 Å². The molecule has 8 aromatic heterocycles. The van der Waals surface area contributed by atoms with E-state index in [2.05, 4.69) is 109 Å². The third kappa shape index (κ3) is 21.6. The van der Waals surface area contributed by atoms with Crippen LogP contribution in [0.1, 0.15) is 75.7 Å². The highest BCUT2D eigenvalue weighted by atomic mass is 127. The molecule has 0 radical (unpaired) electrons. The zero-order valence-electron chi connectivity index (χ0n) is 56.0. The number of aliphatic hydroxyl groups excluding tert-OH is 1. The summed E-state index contributed by atoms with van der Waals surface area (Å²) in [7, 11) is -3.67. The summed E-state index contributed by atoms with van der Waals surface area (Å²) in [6.45, 7) is 6.54. The van der Waals surface area contributed by atoms with Gasteiger partial charge in [0.1, 0.15) is 23.3 Å². The summed E-state index contributed by atoms with van der Waals surface area (Å²) in [6, 6.07) is 10.4. The maximum absolute atomic E-state index is 13.6. The average Bonchev–Trinajstić information content (AvgIpc) is 1.69. The largest absolute Gasteiger partial charge is 0.446 e. The summed E-state index contributed by atoms with van der Waals surface area (Å²) in [6.07, 6.45) is -12.8. The predicted octanol–water partition coefficient (Wildman–Crippen LogP) is 11.6. The van der Waals surface area contributed by atoms with Crippen LogP contribution in [0.25, 0.3) is 79.3 Å². The molecule has 0 saturated heterocycles. The Morgan fingerprint density at radius 2 is 0.739 bits per heavy atom. The highest BCUT2D eigenvalue weighted by molar-refractivity contribution is 14.0. The SMILES string of the molecule is CC(CSc1nonc1-c1noc(=O)n1-c1ccc(F)c(C(F)F)c1)N=[N+]=[N-].CC(CSc1nonc1-c1noc(=O)n1-c1ccc(F)c(C(F)F)c1)OS(C)(=O)=O.CC(N)CSc1nonc1-c1noc(=O)n1-c1ccc(F)c(C(F)F)c1.CC(O)CSc1nonc1-c1noc(=O)n1-c1ccc(F)c(C(F)F)c1.I. The van der Waals surface area contributed by atoms with Crippen molar-refractivity contribution in [3.8, 4) is 68.8 Å². The van der Waals surface area contributed by atoms with Crippen LogP contribution in [0.3, 0.4) is 0 Å². The minimum atomic E-state index is -3.67. The molecule has 36 nitrogen and oxygen atoms in total. The summed E-state index contributed by atoms with van der Waals surface area (Å²) >= 11 is 4.39. The van der Waals surface area contributed by atoms with Gasteiger partial charge in [-0.05, 0) is 140 Å². The maximum atomic E-state index is 13.6. The van der Waals surface area contributed by atoms with Gasteiger partial charge in [-0.15, -0.1) is 35.7 Å². The maximum Gasteiger partial charge on any atom is 0.446 e. The van der Waals surface area contributed by atoms with E-state index in [1.165, 1.54) is 18.7 Å². The van der Waals surface area contributed by atoms with Crippen molar-refractivity contribution in [1.29, 1.82) is 0 Å². The number of nitrogens with zero attached hydrogens (tertiary/aromatic N) is 19. The van der Waals surface area contributed by atoms with E-state index in [9.17, 15) is 85.4 Å². The number of hydrogen-bond donors (Lipinski definition) is 2. The number of hydrogen-bond acceptors (Lipinski definition) is 34. The van der Waals surface area contributed by atoms with Crippen molar-refractivity contribution in [3.05, 3.63) is 171 Å². The molecule has 0 aliphatic heterocycles. The minimum absolute atomic E-state index is 0. The summed E-state index contributed by atoms with van der Waals surface area (Å²) in [5.41, 5.74) is 10.2. The van der Waals surface area contributed by atoms with Gasteiger partial charge >= 0.3 is 23.0 Å². The number of alkyl halides is 8. The van der Waals surface area contributed by atoms with Gasteiger partial charge in [0.2, 0.25) is 23.3 Å². The smallest absolute Gasteiger partial charge is 0.393 e. The van der Waals surface area contributed by atoms with Crippen LogP contribution in [0.15, 0.2) is 154 Å². The third-order valence-corrected chi connectivity index (χ3v) is 18.9. The standard InChI is InChI=1S/C15H13F3N4O6S2.C14H10F3N7O3S.C14H12F3N5O3S.C14H11F3N4O4S.HI/c1-7(27-30(2,24)25)6-29-14-11(19-28-21-14)13-20-26-15(23)22(13)8-3-4-10(16)9(5-8)12(17)18;1-6(19-23-18)5-28-13-10(20-27-22-13)12-21-26-14(25)24(12)7-2-3-9(15)8(4-7)11(16)17;1-6(18)5-26-13-10(19-25-21-13)12-20-24-14(23)22(12)7-2-3-9(15)8(4-7)11(16)17;1-6(22)5-26-13-10(18-25-20-13)12-19-24-14(23)21(12)7-2-3-9(15)8(4-7)11(16)17;/h3-5,7,12H,6H2,1-2H3;2-4,6,11H,5H2,1H3;2-4,6,11H,5,18H2,1H3;2-4,6,11,22H,5H2,1H3;1H. The molecule has 0 bridgehead atoms. The van der Waals surface area contributed by atoms with Gasteiger partial charge in [0, 0.05) is 40.0 Å². The Morgan fingerprint density at radius 1 is 0.468 bits per heavy atom.